The first-order chi connectivity index (χ1) is 9.52. The second-order valence-corrected chi connectivity index (χ2v) is 4.82. The summed E-state index contributed by atoms with van der Waals surface area (Å²) in [4.78, 5) is 10.4. The van der Waals surface area contributed by atoms with Crippen molar-refractivity contribution >= 4 is 35.2 Å². The van der Waals surface area contributed by atoms with E-state index in [1.165, 1.54) is 6.08 Å². The highest BCUT2D eigenvalue weighted by atomic mass is 35.5. The van der Waals surface area contributed by atoms with Crippen LogP contribution in [0.15, 0.2) is 48.5 Å². The molecule has 0 saturated carbocycles. The van der Waals surface area contributed by atoms with Crippen LogP contribution in [0.5, 0.6) is 11.5 Å². The smallest absolute Gasteiger partial charge is 0.328 e. The first-order valence-electron chi connectivity index (χ1n) is 5.68. The average Bonchev–Trinajstić information content (AvgIpc) is 2.36. The summed E-state index contributed by atoms with van der Waals surface area (Å²) in [5.41, 5.74) is 0.767. The number of halogens is 2. The Morgan fingerprint density at radius 2 is 1.60 bits per heavy atom. The van der Waals surface area contributed by atoms with Crippen LogP contribution < -0.4 is 4.74 Å². The van der Waals surface area contributed by atoms with Crippen molar-refractivity contribution in [1.29, 1.82) is 0 Å². The molecule has 0 aliphatic rings. The molecule has 102 valence electrons. The zero-order valence-electron chi connectivity index (χ0n) is 10.2. The minimum absolute atomic E-state index is 0.494. The van der Waals surface area contributed by atoms with E-state index in [2.05, 4.69) is 0 Å². The number of hydrogen-bond donors (Lipinski definition) is 1. The van der Waals surface area contributed by atoms with E-state index < -0.39 is 5.97 Å². The monoisotopic (exact) mass is 308 g/mol. The summed E-state index contributed by atoms with van der Waals surface area (Å²) in [6.07, 6.45) is 2.58. The maximum Gasteiger partial charge on any atom is 0.328 e. The Morgan fingerprint density at radius 3 is 2.15 bits per heavy atom. The van der Waals surface area contributed by atoms with Crippen LogP contribution in [-0.4, -0.2) is 11.1 Å². The van der Waals surface area contributed by atoms with E-state index in [0.29, 0.717) is 21.5 Å². The van der Waals surface area contributed by atoms with Gasteiger partial charge in [-0.05, 0) is 42.0 Å². The standard InChI is InChI=1S/C15H10Cl2O3/c16-11-7-12(17)9-14(8-11)20-13-4-1-10(2-5-13)3-6-15(18)19/h1-9H,(H,18,19)/b6-3+. The number of aliphatic carboxylic acids is 1. The molecule has 0 spiro atoms. The lowest BCUT2D eigenvalue weighted by Crippen LogP contribution is -1.86. The molecule has 5 heteroatoms. The fourth-order valence-corrected chi connectivity index (χ4v) is 2.04. The van der Waals surface area contributed by atoms with Gasteiger partial charge in [0.1, 0.15) is 11.5 Å². The zero-order valence-corrected chi connectivity index (χ0v) is 11.7. The Hall–Kier alpha value is -1.97. The zero-order chi connectivity index (χ0) is 14.5. The molecule has 0 bridgehead atoms. The lowest BCUT2D eigenvalue weighted by molar-refractivity contribution is -0.131. The summed E-state index contributed by atoms with van der Waals surface area (Å²) < 4.78 is 5.61. The number of carboxylic acids is 1. The molecular weight excluding hydrogens is 299 g/mol. The minimum atomic E-state index is -0.987. The second kappa shape index (κ2) is 6.46. The molecule has 2 rings (SSSR count). The summed E-state index contributed by atoms with van der Waals surface area (Å²) in [5, 5.41) is 9.53. The maximum atomic E-state index is 10.4. The van der Waals surface area contributed by atoms with Crippen LogP contribution >= 0.6 is 23.2 Å². The van der Waals surface area contributed by atoms with E-state index in [0.717, 1.165) is 11.6 Å². The molecule has 0 fully saturated rings. The Balaban J connectivity index is 2.12. The number of carboxylic acid groups (broad SMARTS) is 1. The quantitative estimate of drug-likeness (QED) is 0.818. The fourth-order valence-electron chi connectivity index (χ4n) is 1.54. The molecule has 0 aliphatic heterocycles. The molecule has 0 radical (unpaired) electrons. The van der Waals surface area contributed by atoms with Crippen LogP contribution in [0.25, 0.3) is 6.08 Å². The molecular formula is C15H10Cl2O3. The topological polar surface area (TPSA) is 46.5 Å². The molecule has 0 heterocycles. The van der Waals surface area contributed by atoms with Gasteiger partial charge in [-0.15, -0.1) is 0 Å². The predicted molar refractivity (Wildman–Crippen MR) is 79.6 cm³/mol. The highest BCUT2D eigenvalue weighted by Gasteiger charge is 2.01. The Kier molecular flexibility index (Phi) is 4.66. The number of ether oxygens (including phenoxy) is 1. The summed E-state index contributed by atoms with van der Waals surface area (Å²) in [5.74, 6) is 0.158. The van der Waals surface area contributed by atoms with Gasteiger partial charge in [0.15, 0.2) is 0 Å². The SMILES string of the molecule is O=C(O)/C=C/c1ccc(Oc2cc(Cl)cc(Cl)c2)cc1. The molecule has 3 nitrogen and oxygen atoms in total. The van der Waals surface area contributed by atoms with E-state index in [4.69, 9.17) is 33.0 Å². The summed E-state index contributed by atoms with van der Waals surface area (Å²) >= 11 is 11.8. The lowest BCUT2D eigenvalue weighted by Gasteiger charge is -2.07. The van der Waals surface area contributed by atoms with Crippen molar-refractivity contribution in [3.8, 4) is 11.5 Å². The van der Waals surface area contributed by atoms with Crippen molar-refractivity contribution < 1.29 is 14.6 Å². The van der Waals surface area contributed by atoms with Crippen molar-refractivity contribution in [2.75, 3.05) is 0 Å². The van der Waals surface area contributed by atoms with Gasteiger partial charge < -0.3 is 9.84 Å². The van der Waals surface area contributed by atoms with Crippen molar-refractivity contribution in [3.05, 3.63) is 64.1 Å². The lowest BCUT2D eigenvalue weighted by atomic mass is 10.2. The molecule has 1 N–H and O–H groups in total. The van der Waals surface area contributed by atoms with Gasteiger partial charge in [-0.1, -0.05) is 35.3 Å². The van der Waals surface area contributed by atoms with E-state index >= 15 is 0 Å². The van der Waals surface area contributed by atoms with Crippen LogP contribution in [0, 0.1) is 0 Å². The molecule has 0 aromatic heterocycles. The first-order valence-corrected chi connectivity index (χ1v) is 6.43. The normalized spacial score (nSPS) is 10.7. The van der Waals surface area contributed by atoms with Crippen LogP contribution in [0.4, 0.5) is 0 Å². The van der Waals surface area contributed by atoms with E-state index in [1.807, 2.05) is 0 Å². The van der Waals surface area contributed by atoms with Gasteiger partial charge in [0.05, 0.1) is 0 Å². The third-order valence-corrected chi connectivity index (χ3v) is 2.81. The second-order valence-electron chi connectivity index (χ2n) is 3.95. The summed E-state index contributed by atoms with van der Waals surface area (Å²) in [7, 11) is 0. The third-order valence-electron chi connectivity index (χ3n) is 2.37. The largest absolute Gasteiger partial charge is 0.478 e. The molecule has 0 atom stereocenters. The minimum Gasteiger partial charge on any atom is -0.478 e. The highest BCUT2D eigenvalue weighted by Crippen LogP contribution is 2.28. The van der Waals surface area contributed by atoms with E-state index in [-0.39, 0.29) is 0 Å². The van der Waals surface area contributed by atoms with Gasteiger partial charge in [-0.2, -0.15) is 0 Å². The molecule has 0 unspecified atom stereocenters. The Morgan fingerprint density at radius 1 is 1.00 bits per heavy atom. The molecule has 0 saturated heterocycles. The van der Waals surface area contributed by atoms with Gasteiger partial charge >= 0.3 is 5.97 Å². The first kappa shape index (κ1) is 14.4. The van der Waals surface area contributed by atoms with Crippen molar-refractivity contribution in [2.24, 2.45) is 0 Å². The molecule has 0 aliphatic carbocycles. The van der Waals surface area contributed by atoms with Crippen LogP contribution in [-0.2, 0) is 4.79 Å². The van der Waals surface area contributed by atoms with Crippen molar-refractivity contribution in [1.82, 2.24) is 0 Å². The van der Waals surface area contributed by atoms with Gasteiger partial charge in [-0.3, -0.25) is 0 Å². The van der Waals surface area contributed by atoms with Crippen LogP contribution in [0.2, 0.25) is 10.0 Å². The summed E-state index contributed by atoms with van der Waals surface area (Å²) in [6, 6.07) is 11.9. The van der Waals surface area contributed by atoms with Gasteiger partial charge in [-0.25, -0.2) is 4.79 Å². The van der Waals surface area contributed by atoms with Crippen molar-refractivity contribution in [3.63, 3.8) is 0 Å². The Bertz CT molecular complexity index is 628. The van der Waals surface area contributed by atoms with Gasteiger partial charge in [0.2, 0.25) is 0 Å². The van der Waals surface area contributed by atoms with Crippen LogP contribution in [0.1, 0.15) is 5.56 Å². The number of benzene rings is 2. The van der Waals surface area contributed by atoms with E-state index in [1.54, 1.807) is 42.5 Å². The third kappa shape index (κ3) is 4.30. The van der Waals surface area contributed by atoms with Gasteiger partial charge in [0, 0.05) is 16.1 Å². The fraction of sp³-hybridized carbons (Fsp3) is 0. The Labute approximate surface area is 126 Å². The summed E-state index contributed by atoms with van der Waals surface area (Å²) in [6.45, 7) is 0. The molecule has 2 aromatic rings. The average molecular weight is 309 g/mol. The van der Waals surface area contributed by atoms with E-state index in [9.17, 15) is 4.79 Å². The molecule has 2 aromatic carbocycles. The molecule has 0 amide bonds. The number of carbonyl (C=O) groups is 1. The highest BCUT2D eigenvalue weighted by molar-refractivity contribution is 6.34. The van der Waals surface area contributed by atoms with Crippen LogP contribution in [0.3, 0.4) is 0 Å². The number of rotatable bonds is 4. The van der Waals surface area contributed by atoms with Crippen molar-refractivity contribution in [2.45, 2.75) is 0 Å². The number of hydrogen-bond acceptors (Lipinski definition) is 2. The molecule has 20 heavy (non-hydrogen) atoms. The predicted octanol–water partition coefficient (Wildman–Crippen LogP) is 4.88. The maximum absolute atomic E-state index is 10.4. The van der Waals surface area contributed by atoms with Gasteiger partial charge in [0.25, 0.3) is 0 Å².